The number of fused-ring (bicyclic) bond motifs is 1. The van der Waals surface area contributed by atoms with E-state index >= 15 is 0 Å². The zero-order valence-corrected chi connectivity index (χ0v) is 11.3. The van der Waals surface area contributed by atoms with Crippen LogP contribution in [0, 0.1) is 0 Å². The Morgan fingerprint density at radius 2 is 1.85 bits per heavy atom. The summed E-state index contributed by atoms with van der Waals surface area (Å²) in [7, 11) is 1.62. The average molecular weight is 264 g/mol. The number of pyridine rings is 1. The van der Waals surface area contributed by atoms with Crippen molar-refractivity contribution in [2.75, 3.05) is 12.4 Å². The van der Waals surface area contributed by atoms with Crippen molar-refractivity contribution >= 4 is 16.5 Å². The quantitative estimate of drug-likeness (QED) is 0.777. The van der Waals surface area contributed by atoms with Gasteiger partial charge in [0.25, 0.3) is 0 Å². The summed E-state index contributed by atoms with van der Waals surface area (Å²) in [5.74, 6) is 0.626. The van der Waals surface area contributed by atoms with Gasteiger partial charge in [-0.3, -0.25) is 0 Å². The number of methoxy groups -OCH3 is 1. The fourth-order valence-corrected chi connectivity index (χ4v) is 2.25. The molecule has 3 nitrogen and oxygen atoms in total. The third-order valence-corrected chi connectivity index (χ3v) is 3.31. The maximum absolute atomic E-state index is 5.05. The van der Waals surface area contributed by atoms with Gasteiger partial charge in [-0.2, -0.15) is 0 Å². The number of hydrogen-bond donors (Lipinski definition) is 1. The topological polar surface area (TPSA) is 34.1 Å². The van der Waals surface area contributed by atoms with Crippen molar-refractivity contribution in [2.45, 2.75) is 6.54 Å². The van der Waals surface area contributed by atoms with Gasteiger partial charge in [-0.25, -0.2) is 4.98 Å². The van der Waals surface area contributed by atoms with E-state index in [4.69, 9.17) is 4.74 Å². The van der Waals surface area contributed by atoms with E-state index in [0.29, 0.717) is 5.88 Å². The molecule has 0 saturated carbocycles. The molecule has 0 fully saturated rings. The first-order chi connectivity index (χ1) is 9.86. The van der Waals surface area contributed by atoms with Crippen LogP contribution in [0.25, 0.3) is 10.8 Å². The molecular weight excluding hydrogens is 248 g/mol. The van der Waals surface area contributed by atoms with Gasteiger partial charge in [-0.05, 0) is 22.4 Å². The van der Waals surface area contributed by atoms with Crippen molar-refractivity contribution in [1.29, 1.82) is 0 Å². The van der Waals surface area contributed by atoms with E-state index in [2.05, 4.69) is 52.8 Å². The fourth-order valence-electron chi connectivity index (χ4n) is 2.25. The molecule has 3 aromatic rings. The fraction of sp³-hybridized carbons (Fsp3) is 0.118. The predicted octanol–water partition coefficient (Wildman–Crippen LogP) is 3.86. The molecular formula is C17H16N2O. The molecule has 0 amide bonds. The lowest BCUT2D eigenvalue weighted by molar-refractivity contribution is 0.398. The van der Waals surface area contributed by atoms with Gasteiger partial charge in [0.05, 0.1) is 19.0 Å². The van der Waals surface area contributed by atoms with Crippen molar-refractivity contribution in [3.8, 4) is 5.88 Å². The molecule has 0 aliphatic heterocycles. The maximum atomic E-state index is 5.05. The first kappa shape index (κ1) is 12.5. The molecule has 0 aliphatic carbocycles. The summed E-state index contributed by atoms with van der Waals surface area (Å²) in [5, 5.41) is 5.93. The average Bonchev–Trinajstić information content (AvgIpc) is 2.53. The number of hydrogen-bond acceptors (Lipinski definition) is 3. The van der Waals surface area contributed by atoms with Crippen molar-refractivity contribution in [1.82, 2.24) is 4.98 Å². The van der Waals surface area contributed by atoms with Crippen LogP contribution in [0.3, 0.4) is 0 Å². The van der Waals surface area contributed by atoms with Gasteiger partial charge in [-0.1, -0.05) is 42.5 Å². The summed E-state index contributed by atoms with van der Waals surface area (Å²) in [6.45, 7) is 0.773. The lowest BCUT2D eigenvalue weighted by atomic mass is 10.0. The van der Waals surface area contributed by atoms with Crippen LogP contribution >= 0.6 is 0 Å². The Kier molecular flexibility index (Phi) is 3.50. The molecule has 1 N–H and O–H groups in total. The van der Waals surface area contributed by atoms with Crippen LogP contribution in [0.15, 0.2) is 60.8 Å². The molecule has 0 radical (unpaired) electrons. The second-order valence-electron chi connectivity index (χ2n) is 4.58. The second-order valence-corrected chi connectivity index (χ2v) is 4.58. The molecule has 1 aromatic heterocycles. The number of benzene rings is 2. The Balaban J connectivity index is 1.79. The van der Waals surface area contributed by atoms with Crippen molar-refractivity contribution in [3.63, 3.8) is 0 Å². The molecule has 1 heterocycles. The highest BCUT2D eigenvalue weighted by molar-refractivity contribution is 5.85. The number of ether oxygens (including phenoxy) is 1. The molecule has 2 aromatic carbocycles. The number of rotatable bonds is 4. The number of nitrogens with one attached hydrogen (secondary N) is 1. The van der Waals surface area contributed by atoms with Gasteiger partial charge in [0.1, 0.15) is 0 Å². The molecule has 0 saturated heterocycles. The van der Waals surface area contributed by atoms with E-state index in [1.165, 1.54) is 16.3 Å². The third kappa shape index (κ3) is 2.57. The minimum absolute atomic E-state index is 0.626. The summed E-state index contributed by atoms with van der Waals surface area (Å²) in [6.07, 6.45) is 1.78. The monoisotopic (exact) mass is 264 g/mol. The van der Waals surface area contributed by atoms with Crippen LogP contribution in [-0.2, 0) is 6.54 Å². The summed E-state index contributed by atoms with van der Waals surface area (Å²) >= 11 is 0. The van der Waals surface area contributed by atoms with Crippen molar-refractivity contribution < 1.29 is 4.74 Å². The van der Waals surface area contributed by atoms with Gasteiger partial charge < -0.3 is 10.1 Å². The van der Waals surface area contributed by atoms with Gasteiger partial charge in [0, 0.05) is 12.6 Å². The molecule has 0 unspecified atom stereocenters. The predicted molar refractivity (Wildman–Crippen MR) is 82.1 cm³/mol. The van der Waals surface area contributed by atoms with Gasteiger partial charge in [-0.15, -0.1) is 0 Å². The summed E-state index contributed by atoms with van der Waals surface area (Å²) in [5.41, 5.74) is 2.26. The summed E-state index contributed by atoms with van der Waals surface area (Å²) < 4.78 is 5.05. The van der Waals surface area contributed by atoms with E-state index in [9.17, 15) is 0 Å². The third-order valence-electron chi connectivity index (χ3n) is 3.31. The first-order valence-corrected chi connectivity index (χ1v) is 6.57. The van der Waals surface area contributed by atoms with E-state index < -0.39 is 0 Å². The Hall–Kier alpha value is -2.55. The second kappa shape index (κ2) is 5.61. The first-order valence-electron chi connectivity index (χ1n) is 6.57. The van der Waals surface area contributed by atoms with Crippen LogP contribution < -0.4 is 10.1 Å². The summed E-state index contributed by atoms with van der Waals surface area (Å²) in [6, 6.07) is 18.6. The van der Waals surface area contributed by atoms with Crippen LogP contribution in [0.4, 0.5) is 5.69 Å². The molecule has 0 spiro atoms. The Labute approximate surface area is 118 Å². The van der Waals surface area contributed by atoms with Crippen molar-refractivity contribution in [2.24, 2.45) is 0 Å². The number of aromatic nitrogens is 1. The largest absolute Gasteiger partial charge is 0.481 e. The van der Waals surface area contributed by atoms with E-state index in [0.717, 1.165) is 12.2 Å². The van der Waals surface area contributed by atoms with Crippen LogP contribution in [0.2, 0.25) is 0 Å². The van der Waals surface area contributed by atoms with Gasteiger partial charge in [0.15, 0.2) is 0 Å². The standard InChI is InChI=1S/C17H16N2O/c1-20-17-10-9-15(12-19-17)18-11-14-7-4-6-13-5-2-3-8-16(13)14/h2-10,12,18H,11H2,1H3. The molecule has 3 heteroatoms. The zero-order valence-electron chi connectivity index (χ0n) is 11.3. The lowest BCUT2D eigenvalue weighted by Gasteiger charge is -2.09. The highest BCUT2D eigenvalue weighted by Crippen LogP contribution is 2.20. The highest BCUT2D eigenvalue weighted by atomic mass is 16.5. The lowest BCUT2D eigenvalue weighted by Crippen LogP contribution is -2.00. The van der Waals surface area contributed by atoms with Crippen LogP contribution in [0.1, 0.15) is 5.56 Å². The van der Waals surface area contributed by atoms with E-state index in [1.54, 1.807) is 13.3 Å². The maximum Gasteiger partial charge on any atom is 0.213 e. The van der Waals surface area contributed by atoms with Crippen LogP contribution in [0.5, 0.6) is 5.88 Å². The van der Waals surface area contributed by atoms with Crippen LogP contribution in [-0.4, -0.2) is 12.1 Å². The summed E-state index contributed by atoms with van der Waals surface area (Å²) in [4.78, 5) is 4.19. The van der Waals surface area contributed by atoms with Gasteiger partial charge >= 0.3 is 0 Å². The minimum atomic E-state index is 0.626. The smallest absolute Gasteiger partial charge is 0.213 e. The SMILES string of the molecule is COc1ccc(NCc2cccc3ccccc23)cn1. The molecule has 0 aliphatic rings. The molecule has 3 rings (SSSR count). The molecule has 0 atom stereocenters. The highest BCUT2D eigenvalue weighted by Gasteiger charge is 2.00. The van der Waals surface area contributed by atoms with E-state index in [1.807, 2.05) is 12.1 Å². The molecule has 20 heavy (non-hydrogen) atoms. The van der Waals surface area contributed by atoms with Crippen molar-refractivity contribution in [3.05, 3.63) is 66.4 Å². The molecule has 100 valence electrons. The minimum Gasteiger partial charge on any atom is -0.481 e. The van der Waals surface area contributed by atoms with E-state index in [-0.39, 0.29) is 0 Å². The Bertz CT molecular complexity index is 702. The Morgan fingerprint density at radius 3 is 2.65 bits per heavy atom. The van der Waals surface area contributed by atoms with Gasteiger partial charge in [0.2, 0.25) is 5.88 Å². The zero-order chi connectivity index (χ0) is 13.8. The Morgan fingerprint density at radius 1 is 1.00 bits per heavy atom. The normalized spacial score (nSPS) is 10.4. The number of anilines is 1. The molecule has 0 bridgehead atoms. The number of nitrogens with zero attached hydrogens (tertiary/aromatic N) is 1.